The van der Waals surface area contributed by atoms with E-state index in [1.807, 2.05) is 31.2 Å². The summed E-state index contributed by atoms with van der Waals surface area (Å²) in [4.78, 5) is 15.2. The van der Waals surface area contributed by atoms with Crippen LogP contribution in [-0.4, -0.2) is 42.2 Å². The zero-order valence-electron chi connectivity index (χ0n) is 13.8. The molecule has 130 valence electrons. The predicted molar refractivity (Wildman–Crippen MR) is 104 cm³/mol. The Morgan fingerprint density at radius 3 is 2.68 bits per heavy atom. The number of benzene rings is 2. The summed E-state index contributed by atoms with van der Waals surface area (Å²) in [6.07, 6.45) is 0. The first-order valence-corrected chi connectivity index (χ1v) is 9.20. The number of hydrogen-bond acceptors (Lipinski definition) is 4. The maximum absolute atomic E-state index is 12.5. The Morgan fingerprint density at radius 1 is 1.20 bits per heavy atom. The van der Waals surface area contributed by atoms with Crippen molar-refractivity contribution >= 4 is 39.1 Å². The smallest absolute Gasteiger partial charge is 0.343 e. The Balaban J connectivity index is 1.86. The molecule has 0 atom stereocenters. The molecule has 0 saturated carbocycles. The van der Waals surface area contributed by atoms with Crippen LogP contribution in [0.5, 0.6) is 5.75 Å². The van der Waals surface area contributed by atoms with Crippen LogP contribution in [0.25, 0.3) is 0 Å². The molecule has 2 aromatic rings. The van der Waals surface area contributed by atoms with Gasteiger partial charge in [0.05, 0.1) is 24.3 Å². The summed E-state index contributed by atoms with van der Waals surface area (Å²) in [5.41, 5.74) is 2.26. The van der Waals surface area contributed by atoms with E-state index in [4.69, 9.17) is 21.7 Å². The highest BCUT2D eigenvalue weighted by Gasteiger charge is 2.20. The second-order valence-electron chi connectivity index (χ2n) is 5.80. The molecule has 1 saturated heterocycles. The van der Waals surface area contributed by atoms with Crippen LogP contribution in [-0.2, 0) is 4.74 Å². The number of hydrogen-bond donors (Lipinski definition) is 0. The monoisotopic (exact) mass is 419 g/mol. The molecular formula is C19H18BrNO3S. The van der Waals surface area contributed by atoms with E-state index in [1.165, 1.54) is 0 Å². The number of carbonyl (C=O) groups is 1. The molecule has 3 rings (SSSR count). The average Bonchev–Trinajstić information content (AvgIpc) is 2.63. The van der Waals surface area contributed by atoms with Crippen LogP contribution in [0.2, 0.25) is 0 Å². The van der Waals surface area contributed by atoms with E-state index in [0.29, 0.717) is 29.5 Å². The minimum Gasteiger partial charge on any atom is -0.422 e. The molecule has 6 heteroatoms. The molecule has 0 radical (unpaired) electrons. The molecule has 0 bridgehead atoms. The van der Waals surface area contributed by atoms with Gasteiger partial charge in [0, 0.05) is 17.6 Å². The zero-order valence-corrected chi connectivity index (χ0v) is 16.2. The number of carbonyl (C=O) groups excluding carboxylic acids is 1. The third-order valence-electron chi connectivity index (χ3n) is 3.93. The Bertz CT molecular complexity index is 803. The van der Waals surface area contributed by atoms with Crippen molar-refractivity contribution < 1.29 is 14.3 Å². The Kier molecular flexibility index (Phi) is 5.83. The van der Waals surface area contributed by atoms with Gasteiger partial charge in [0.2, 0.25) is 0 Å². The summed E-state index contributed by atoms with van der Waals surface area (Å²) in [6, 6.07) is 12.8. The van der Waals surface area contributed by atoms with Gasteiger partial charge in [-0.15, -0.1) is 0 Å². The van der Waals surface area contributed by atoms with Crippen molar-refractivity contribution in [3.05, 3.63) is 63.6 Å². The Hall–Kier alpha value is -1.76. The molecule has 1 fully saturated rings. The van der Waals surface area contributed by atoms with Crippen LogP contribution in [0.4, 0.5) is 0 Å². The second kappa shape index (κ2) is 8.08. The van der Waals surface area contributed by atoms with Gasteiger partial charge in [0.15, 0.2) is 0 Å². The molecule has 4 nitrogen and oxygen atoms in total. The van der Waals surface area contributed by atoms with Crippen molar-refractivity contribution in [1.82, 2.24) is 4.90 Å². The minimum absolute atomic E-state index is 0.392. The number of aryl methyl sites for hydroxylation is 1. The highest BCUT2D eigenvalue weighted by atomic mass is 79.9. The molecule has 0 spiro atoms. The van der Waals surface area contributed by atoms with Gasteiger partial charge in [-0.3, -0.25) is 0 Å². The molecule has 0 amide bonds. The van der Waals surface area contributed by atoms with Gasteiger partial charge >= 0.3 is 5.97 Å². The molecule has 2 aromatic carbocycles. The first-order valence-electron chi connectivity index (χ1n) is 8.00. The SMILES string of the molecule is Cc1cccc(C(=O)Oc2ccc(Br)cc2C(=S)N2CCOCC2)c1. The third kappa shape index (κ3) is 4.45. The highest BCUT2D eigenvalue weighted by molar-refractivity contribution is 9.10. The Labute approximate surface area is 160 Å². The van der Waals surface area contributed by atoms with Crippen molar-refractivity contribution in [2.45, 2.75) is 6.92 Å². The van der Waals surface area contributed by atoms with Crippen LogP contribution in [0.15, 0.2) is 46.9 Å². The fourth-order valence-corrected chi connectivity index (χ4v) is 3.33. The zero-order chi connectivity index (χ0) is 17.8. The summed E-state index contributed by atoms with van der Waals surface area (Å²) < 4.78 is 11.9. The van der Waals surface area contributed by atoms with Gasteiger partial charge < -0.3 is 14.4 Å². The van der Waals surface area contributed by atoms with Crippen molar-refractivity contribution in [3.63, 3.8) is 0 Å². The topological polar surface area (TPSA) is 38.8 Å². The third-order valence-corrected chi connectivity index (χ3v) is 4.90. The summed E-state index contributed by atoms with van der Waals surface area (Å²) >= 11 is 9.10. The van der Waals surface area contributed by atoms with Crippen LogP contribution >= 0.6 is 28.1 Å². The van der Waals surface area contributed by atoms with Crippen molar-refractivity contribution in [1.29, 1.82) is 0 Å². The lowest BCUT2D eigenvalue weighted by Crippen LogP contribution is -2.40. The summed E-state index contributed by atoms with van der Waals surface area (Å²) in [5.74, 6) is 0.0725. The van der Waals surface area contributed by atoms with Crippen LogP contribution in [0.1, 0.15) is 21.5 Å². The van der Waals surface area contributed by atoms with Gasteiger partial charge in [0.25, 0.3) is 0 Å². The number of halogens is 1. The van der Waals surface area contributed by atoms with E-state index < -0.39 is 5.97 Å². The van der Waals surface area contributed by atoms with Crippen molar-refractivity contribution in [2.24, 2.45) is 0 Å². The number of ether oxygens (including phenoxy) is 2. The standard InChI is InChI=1S/C19H18BrNO3S/c1-13-3-2-4-14(11-13)19(22)24-17-6-5-15(20)12-16(17)18(25)21-7-9-23-10-8-21/h2-6,11-12H,7-10H2,1H3. The molecule has 25 heavy (non-hydrogen) atoms. The summed E-state index contributed by atoms with van der Waals surface area (Å²) in [5, 5.41) is 0. The molecule has 0 aromatic heterocycles. The lowest BCUT2D eigenvalue weighted by Gasteiger charge is -2.29. The normalized spacial score (nSPS) is 14.2. The lowest BCUT2D eigenvalue weighted by atomic mass is 10.1. The maximum atomic E-state index is 12.5. The van der Waals surface area contributed by atoms with E-state index in [1.54, 1.807) is 18.2 Å². The minimum atomic E-state index is -0.392. The van der Waals surface area contributed by atoms with E-state index in [-0.39, 0.29) is 0 Å². The van der Waals surface area contributed by atoms with Gasteiger partial charge in [-0.1, -0.05) is 45.8 Å². The number of rotatable bonds is 3. The first kappa shape index (κ1) is 18.0. The molecular weight excluding hydrogens is 402 g/mol. The highest BCUT2D eigenvalue weighted by Crippen LogP contribution is 2.26. The quantitative estimate of drug-likeness (QED) is 0.427. The fourth-order valence-electron chi connectivity index (χ4n) is 2.63. The van der Waals surface area contributed by atoms with Crippen LogP contribution in [0, 0.1) is 6.92 Å². The van der Waals surface area contributed by atoms with E-state index >= 15 is 0 Å². The summed E-state index contributed by atoms with van der Waals surface area (Å²) in [6.45, 7) is 4.70. The van der Waals surface area contributed by atoms with Gasteiger partial charge in [-0.25, -0.2) is 4.79 Å². The van der Waals surface area contributed by atoms with Crippen molar-refractivity contribution in [2.75, 3.05) is 26.3 Å². The van der Waals surface area contributed by atoms with Gasteiger partial charge in [-0.05, 0) is 37.3 Å². The Morgan fingerprint density at radius 2 is 1.96 bits per heavy atom. The number of nitrogens with zero attached hydrogens (tertiary/aromatic N) is 1. The lowest BCUT2D eigenvalue weighted by molar-refractivity contribution is 0.0687. The van der Waals surface area contributed by atoms with E-state index in [2.05, 4.69) is 20.8 Å². The number of esters is 1. The van der Waals surface area contributed by atoms with Crippen LogP contribution < -0.4 is 4.74 Å². The molecule has 1 heterocycles. The predicted octanol–water partition coefficient (Wildman–Crippen LogP) is 3.98. The van der Waals surface area contributed by atoms with E-state index in [9.17, 15) is 4.79 Å². The molecule has 1 aliphatic rings. The average molecular weight is 420 g/mol. The van der Waals surface area contributed by atoms with Crippen molar-refractivity contribution in [3.8, 4) is 5.75 Å². The van der Waals surface area contributed by atoms with Gasteiger partial charge in [0.1, 0.15) is 10.7 Å². The van der Waals surface area contributed by atoms with Gasteiger partial charge in [-0.2, -0.15) is 0 Å². The number of morpholine rings is 1. The fraction of sp³-hybridized carbons (Fsp3) is 0.263. The molecule has 0 N–H and O–H groups in total. The maximum Gasteiger partial charge on any atom is 0.343 e. The molecule has 1 aliphatic heterocycles. The number of thiocarbonyl (C=S) groups is 1. The molecule has 0 unspecified atom stereocenters. The largest absolute Gasteiger partial charge is 0.422 e. The van der Waals surface area contributed by atoms with E-state index in [0.717, 1.165) is 28.7 Å². The second-order valence-corrected chi connectivity index (χ2v) is 7.11. The first-order chi connectivity index (χ1) is 12.0. The summed E-state index contributed by atoms with van der Waals surface area (Å²) in [7, 11) is 0. The molecule has 0 aliphatic carbocycles. The van der Waals surface area contributed by atoms with Crippen LogP contribution in [0.3, 0.4) is 0 Å².